The maximum absolute atomic E-state index is 5.83. The third-order valence-electron chi connectivity index (χ3n) is 2.45. The molecule has 2 aromatic heterocycles. The summed E-state index contributed by atoms with van der Waals surface area (Å²) in [5, 5.41) is 5.50. The molecule has 0 fully saturated rings. The highest BCUT2D eigenvalue weighted by molar-refractivity contribution is 7.10. The standard InChI is InChI=1S/C10H16N6S2/c11-1-5(13)9-15-7(3-17-9)8-4-18-10(16-8)6(14)2-12/h3-6H,1-2,11-14H2. The van der Waals surface area contributed by atoms with Crippen LogP contribution < -0.4 is 22.9 Å². The van der Waals surface area contributed by atoms with Crippen molar-refractivity contribution < 1.29 is 0 Å². The fourth-order valence-corrected chi connectivity index (χ4v) is 3.01. The molecule has 2 atom stereocenters. The summed E-state index contributed by atoms with van der Waals surface area (Å²) in [4.78, 5) is 8.87. The molecular formula is C10H16N6S2. The molecule has 0 saturated heterocycles. The van der Waals surface area contributed by atoms with Crippen LogP contribution >= 0.6 is 22.7 Å². The summed E-state index contributed by atoms with van der Waals surface area (Å²) in [5.74, 6) is 0. The van der Waals surface area contributed by atoms with Crippen molar-refractivity contribution in [3.63, 3.8) is 0 Å². The molecule has 0 aliphatic heterocycles. The van der Waals surface area contributed by atoms with E-state index in [-0.39, 0.29) is 12.1 Å². The molecule has 6 nitrogen and oxygen atoms in total. The van der Waals surface area contributed by atoms with Crippen molar-refractivity contribution in [2.24, 2.45) is 22.9 Å². The van der Waals surface area contributed by atoms with Gasteiger partial charge in [-0.15, -0.1) is 22.7 Å². The van der Waals surface area contributed by atoms with E-state index in [1.807, 2.05) is 10.8 Å². The van der Waals surface area contributed by atoms with Gasteiger partial charge in [-0.2, -0.15) is 0 Å². The minimum atomic E-state index is -0.215. The first-order valence-corrected chi connectivity index (χ1v) is 7.24. The molecule has 0 radical (unpaired) electrons. The Morgan fingerprint density at radius 3 is 1.61 bits per heavy atom. The lowest BCUT2D eigenvalue weighted by Crippen LogP contribution is -2.20. The third-order valence-corrected chi connectivity index (χ3v) is 4.40. The fraction of sp³-hybridized carbons (Fsp3) is 0.400. The molecule has 8 N–H and O–H groups in total. The predicted octanol–water partition coefficient (Wildman–Crippen LogP) is 0.184. The monoisotopic (exact) mass is 284 g/mol. The van der Waals surface area contributed by atoms with Gasteiger partial charge in [0, 0.05) is 23.8 Å². The lowest BCUT2D eigenvalue weighted by atomic mass is 10.3. The van der Waals surface area contributed by atoms with E-state index < -0.39 is 0 Å². The minimum absolute atomic E-state index is 0.215. The van der Waals surface area contributed by atoms with Gasteiger partial charge in [-0.05, 0) is 0 Å². The number of nitrogens with zero attached hydrogens (tertiary/aromatic N) is 2. The molecular weight excluding hydrogens is 268 g/mol. The zero-order chi connectivity index (χ0) is 13.1. The summed E-state index contributed by atoms with van der Waals surface area (Å²) in [7, 11) is 0. The normalized spacial score (nSPS) is 14.7. The summed E-state index contributed by atoms with van der Waals surface area (Å²) in [6.07, 6.45) is 0. The fourth-order valence-electron chi connectivity index (χ4n) is 1.35. The van der Waals surface area contributed by atoms with Gasteiger partial charge < -0.3 is 22.9 Å². The molecule has 2 rings (SSSR count). The van der Waals surface area contributed by atoms with E-state index in [2.05, 4.69) is 9.97 Å². The van der Waals surface area contributed by atoms with Crippen LogP contribution in [0.3, 0.4) is 0 Å². The molecule has 0 aromatic carbocycles. The van der Waals surface area contributed by atoms with Crippen LogP contribution in [0.4, 0.5) is 0 Å². The first-order valence-electron chi connectivity index (χ1n) is 5.48. The quantitative estimate of drug-likeness (QED) is 0.620. The van der Waals surface area contributed by atoms with Crippen LogP contribution in [0, 0.1) is 0 Å². The lowest BCUT2D eigenvalue weighted by Gasteiger charge is -2.02. The summed E-state index contributed by atoms with van der Waals surface area (Å²) in [5.41, 5.74) is 24.3. The predicted molar refractivity (Wildman–Crippen MR) is 75.2 cm³/mol. The maximum atomic E-state index is 5.83. The largest absolute Gasteiger partial charge is 0.329 e. The third kappa shape index (κ3) is 2.74. The number of thiazole rings is 2. The Morgan fingerprint density at radius 1 is 0.889 bits per heavy atom. The molecule has 8 heteroatoms. The Labute approximate surface area is 113 Å². The molecule has 2 unspecified atom stereocenters. The summed E-state index contributed by atoms with van der Waals surface area (Å²) in [6.45, 7) is 0.765. The van der Waals surface area contributed by atoms with E-state index in [9.17, 15) is 0 Å². The molecule has 98 valence electrons. The molecule has 0 aliphatic carbocycles. The minimum Gasteiger partial charge on any atom is -0.329 e. The highest BCUT2D eigenvalue weighted by atomic mass is 32.1. The molecule has 0 amide bonds. The summed E-state index contributed by atoms with van der Waals surface area (Å²) in [6, 6.07) is -0.429. The van der Waals surface area contributed by atoms with E-state index in [1.165, 1.54) is 22.7 Å². The van der Waals surface area contributed by atoms with E-state index in [4.69, 9.17) is 22.9 Å². The smallest absolute Gasteiger partial charge is 0.111 e. The second-order valence-electron chi connectivity index (χ2n) is 3.83. The van der Waals surface area contributed by atoms with Crippen molar-refractivity contribution in [2.45, 2.75) is 12.1 Å². The summed E-state index contributed by atoms with van der Waals surface area (Å²) < 4.78 is 0. The van der Waals surface area contributed by atoms with Gasteiger partial charge in [-0.3, -0.25) is 0 Å². The van der Waals surface area contributed by atoms with Gasteiger partial charge in [0.25, 0.3) is 0 Å². The molecule has 0 aliphatic rings. The second-order valence-corrected chi connectivity index (χ2v) is 5.61. The zero-order valence-corrected chi connectivity index (χ0v) is 11.4. The Bertz CT molecular complexity index is 462. The molecule has 0 bridgehead atoms. The zero-order valence-electron chi connectivity index (χ0n) is 9.74. The van der Waals surface area contributed by atoms with Gasteiger partial charge in [0.1, 0.15) is 21.4 Å². The Balaban J connectivity index is 2.21. The highest BCUT2D eigenvalue weighted by Crippen LogP contribution is 2.27. The van der Waals surface area contributed by atoms with Crippen LogP contribution in [-0.2, 0) is 0 Å². The molecule has 2 heterocycles. The van der Waals surface area contributed by atoms with E-state index in [1.54, 1.807) is 0 Å². The van der Waals surface area contributed by atoms with E-state index in [0.717, 1.165) is 21.4 Å². The van der Waals surface area contributed by atoms with Crippen LogP contribution in [0.5, 0.6) is 0 Å². The average molecular weight is 284 g/mol. The topological polar surface area (TPSA) is 130 Å². The van der Waals surface area contributed by atoms with Gasteiger partial charge in [0.15, 0.2) is 0 Å². The van der Waals surface area contributed by atoms with Crippen LogP contribution in [0.25, 0.3) is 11.4 Å². The molecule has 18 heavy (non-hydrogen) atoms. The van der Waals surface area contributed by atoms with Gasteiger partial charge in [-0.25, -0.2) is 9.97 Å². The highest BCUT2D eigenvalue weighted by Gasteiger charge is 2.14. The van der Waals surface area contributed by atoms with Crippen molar-refractivity contribution in [3.05, 3.63) is 20.8 Å². The van der Waals surface area contributed by atoms with Gasteiger partial charge in [0.2, 0.25) is 0 Å². The lowest BCUT2D eigenvalue weighted by molar-refractivity contribution is 0.727. The number of hydrogen-bond donors (Lipinski definition) is 4. The SMILES string of the molecule is NCC(N)c1nc(-c2csc(C(N)CN)n2)cs1. The van der Waals surface area contributed by atoms with E-state index >= 15 is 0 Å². The molecule has 2 aromatic rings. The van der Waals surface area contributed by atoms with Crippen molar-refractivity contribution in [2.75, 3.05) is 13.1 Å². The number of hydrogen-bond acceptors (Lipinski definition) is 8. The Hall–Kier alpha value is -0.900. The maximum Gasteiger partial charge on any atom is 0.111 e. The molecule has 0 spiro atoms. The summed E-state index contributed by atoms with van der Waals surface area (Å²) >= 11 is 2.99. The van der Waals surface area contributed by atoms with Crippen molar-refractivity contribution >= 4 is 22.7 Å². The van der Waals surface area contributed by atoms with Crippen molar-refractivity contribution in [3.8, 4) is 11.4 Å². The van der Waals surface area contributed by atoms with Crippen LogP contribution in [-0.4, -0.2) is 23.1 Å². The number of rotatable bonds is 5. The van der Waals surface area contributed by atoms with Crippen LogP contribution in [0.15, 0.2) is 10.8 Å². The Morgan fingerprint density at radius 2 is 1.28 bits per heavy atom. The first-order chi connectivity index (χ1) is 8.65. The molecule has 0 saturated carbocycles. The van der Waals surface area contributed by atoms with Crippen LogP contribution in [0.2, 0.25) is 0 Å². The first kappa shape index (κ1) is 13.5. The van der Waals surface area contributed by atoms with Gasteiger partial charge in [0.05, 0.1) is 12.1 Å². The second kappa shape index (κ2) is 5.83. The number of nitrogens with two attached hydrogens (primary N) is 4. The van der Waals surface area contributed by atoms with Gasteiger partial charge >= 0.3 is 0 Å². The van der Waals surface area contributed by atoms with E-state index in [0.29, 0.717) is 13.1 Å². The van der Waals surface area contributed by atoms with Crippen molar-refractivity contribution in [1.82, 2.24) is 9.97 Å². The number of aromatic nitrogens is 2. The van der Waals surface area contributed by atoms with Crippen molar-refractivity contribution in [1.29, 1.82) is 0 Å². The average Bonchev–Trinajstić information content (AvgIpc) is 3.04. The van der Waals surface area contributed by atoms with Crippen LogP contribution in [0.1, 0.15) is 22.1 Å². The Kier molecular flexibility index (Phi) is 4.38. The van der Waals surface area contributed by atoms with Gasteiger partial charge in [-0.1, -0.05) is 0 Å².